The van der Waals surface area contributed by atoms with Crippen LogP contribution in [0.1, 0.15) is 35.6 Å². The summed E-state index contributed by atoms with van der Waals surface area (Å²) in [6.07, 6.45) is 3.19. The molecular formula is C23H23ClFN5O. The Morgan fingerprint density at radius 1 is 1.10 bits per heavy atom. The molecule has 8 heteroatoms. The molecule has 5 rings (SSSR count). The predicted molar refractivity (Wildman–Crippen MR) is 120 cm³/mol. The van der Waals surface area contributed by atoms with E-state index >= 15 is 0 Å². The van der Waals surface area contributed by atoms with Gasteiger partial charge in [-0.05, 0) is 74.7 Å². The Labute approximate surface area is 183 Å². The summed E-state index contributed by atoms with van der Waals surface area (Å²) in [6, 6.07) is 11.9. The summed E-state index contributed by atoms with van der Waals surface area (Å²) < 4.78 is 14.7. The lowest BCUT2D eigenvalue weighted by Gasteiger charge is -2.22. The number of nitrogens with zero attached hydrogens (tertiary/aromatic N) is 2. The third-order valence-electron chi connectivity index (χ3n) is 5.99. The van der Waals surface area contributed by atoms with Crippen molar-refractivity contribution in [2.45, 2.75) is 31.6 Å². The summed E-state index contributed by atoms with van der Waals surface area (Å²) in [5.74, 6) is 0.482. The van der Waals surface area contributed by atoms with E-state index in [9.17, 15) is 9.18 Å². The molecule has 31 heavy (non-hydrogen) atoms. The van der Waals surface area contributed by atoms with Crippen LogP contribution in [0.4, 0.5) is 4.39 Å². The fraction of sp³-hybridized carbons (Fsp3) is 0.304. The van der Waals surface area contributed by atoms with Gasteiger partial charge in [0.2, 0.25) is 5.95 Å². The van der Waals surface area contributed by atoms with Crippen molar-refractivity contribution in [1.29, 1.82) is 0 Å². The first-order valence-corrected chi connectivity index (χ1v) is 10.9. The Kier molecular flexibility index (Phi) is 5.38. The number of piperidine rings is 1. The van der Waals surface area contributed by atoms with Crippen LogP contribution < -0.4 is 10.9 Å². The molecule has 0 aliphatic carbocycles. The maximum Gasteiger partial charge on any atom is 0.277 e. The molecule has 0 radical (unpaired) electrons. The Balaban J connectivity index is 1.53. The van der Waals surface area contributed by atoms with Crippen LogP contribution in [0.5, 0.6) is 0 Å². The summed E-state index contributed by atoms with van der Waals surface area (Å²) in [7, 11) is 0. The number of aromatic amines is 2. The van der Waals surface area contributed by atoms with E-state index in [4.69, 9.17) is 11.6 Å². The molecule has 3 heterocycles. The average molecular weight is 440 g/mol. The van der Waals surface area contributed by atoms with Crippen molar-refractivity contribution in [1.82, 2.24) is 25.1 Å². The van der Waals surface area contributed by atoms with Crippen molar-refractivity contribution in [3.63, 3.8) is 0 Å². The highest BCUT2D eigenvalue weighted by Crippen LogP contribution is 2.27. The first kappa shape index (κ1) is 20.0. The molecule has 1 saturated heterocycles. The van der Waals surface area contributed by atoms with E-state index in [0.717, 1.165) is 53.8 Å². The fourth-order valence-corrected chi connectivity index (χ4v) is 4.49. The van der Waals surface area contributed by atoms with Crippen LogP contribution in [0.3, 0.4) is 0 Å². The molecular weight excluding hydrogens is 417 g/mol. The molecule has 1 fully saturated rings. The molecule has 0 spiro atoms. The van der Waals surface area contributed by atoms with Gasteiger partial charge in [-0.1, -0.05) is 23.7 Å². The molecule has 0 bridgehead atoms. The average Bonchev–Trinajstić information content (AvgIpc) is 3.34. The van der Waals surface area contributed by atoms with Crippen molar-refractivity contribution in [2.24, 2.45) is 0 Å². The molecule has 0 amide bonds. The molecule has 0 unspecified atom stereocenters. The van der Waals surface area contributed by atoms with Gasteiger partial charge in [0, 0.05) is 22.2 Å². The number of H-pyrrole nitrogens is 2. The zero-order chi connectivity index (χ0) is 21.4. The van der Waals surface area contributed by atoms with E-state index in [1.165, 1.54) is 16.8 Å². The van der Waals surface area contributed by atoms with Crippen molar-refractivity contribution < 1.29 is 4.39 Å². The second-order valence-electron chi connectivity index (χ2n) is 8.02. The molecule has 0 atom stereocenters. The van der Waals surface area contributed by atoms with Gasteiger partial charge in [0.1, 0.15) is 5.82 Å². The molecule has 1 aliphatic heterocycles. The lowest BCUT2D eigenvalue weighted by atomic mass is 9.90. The molecule has 4 aromatic rings. The molecule has 0 saturated carbocycles. The SMILES string of the molecule is O=c1c(CCc2ccc(F)cc2)c(C2CCNCC2)[nH]n1-c1nc2ccc(Cl)cc2[nH]1. The Bertz CT molecular complexity index is 1270. The topological polar surface area (TPSA) is 78.5 Å². The minimum absolute atomic E-state index is 0.0965. The lowest BCUT2D eigenvalue weighted by Crippen LogP contribution is -2.27. The number of hydrogen-bond acceptors (Lipinski definition) is 3. The zero-order valence-corrected chi connectivity index (χ0v) is 17.7. The third-order valence-corrected chi connectivity index (χ3v) is 6.22. The van der Waals surface area contributed by atoms with Crippen LogP contribution in [0.2, 0.25) is 5.02 Å². The van der Waals surface area contributed by atoms with Crippen molar-refractivity contribution in [3.8, 4) is 5.95 Å². The summed E-state index contributed by atoms with van der Waals surface area (Å²) in [6.45, 7) is 1.86. The highest BCUT2D eigenvalue weighted by Gasteiger charge is 2.25. The Morgan fingerprint density at radius 3 is 2.65 bits per heavy atom. The highest BCUT2D eigenvalue weighted by atomic mass is 35.5. The van der Waals surface area contributed by atoms with Gasteiger partial charge in [-0.2, -0.15) is 4.68 Å². The highest BCUT2D eigenvalue weighted by molar-refractivity contribution is 6.31. The maximum absolute atomic E-state index is 13.4. The summed E-state index contributed by atoms with van der Waals surface area (Å²) >= 11 is 6.09. The van der Waals surface area contributed by atoms with Crippen molar-refractivity contribution >= 4 is 22.6 Å². The standard InChI is InChI=1S/C23H23ClFN5O/c24-16-4-8-19-20(13-16)28-23(27-19)30-22(31)18(7-3-14-1-5-17(25)6-2-14)21(29-30)15-9-11-26-12-10-15/h1-2,4-6,8,13,15,26,29H,3,7,9-12H2,(H,27,28). The molecule has 160 valence electrons. The van der Waals surface area contributed by atoms with E-state index in [-0.39, 0.29) is 17.3 Å². The second-order valence-corrected chi connectivity index (χ2v) is 8.45. The number of fused-ring (bicyclic) bond motifs is 1. The number of aromatic nitrogens is 4. The maximum atomic E-state index is 13.4. The number of benzene rings is 2. The number of halogens is 2. The van der Waals surface area contributed by atoms with Crippen LogP contribution >= 0.6 is 11.6 Å². The smallest absolute Gasteiger partial charge is 0.277 e. The normalized spacial score (nSPS) is 15.0. The number of imidazole rings is 1. The number of nitrogens with one attached hydrogen (secondary N) is 3. The molecule has 3 N–H and O–H groups in total. The van der Waals surface area contributed by atoms with Crippen LogP contribution in [-0.2, 0) is 12.8 Å². The van der Waals surface area contributed by atoms with Gasteiger partial charge < -0.3 is 10.3 Å². The van der Waals surface area contributed by atoms with Gasteiger partial charge in [0.25, 0.3) is 5.56 Å². The number of rotatable bonds is 5. The Hall–Kier alpha value is -2.90. The van der Waals surface area contributed by atoms with Crippen LogP contribution in [0.25, 0.3) is 17.0 Å². The minimum atomic E-state index is -0.256. The molecule has 2 aromatic heterocycles. The first-order chi connectivity index (χ1) is 15.1. The van der Waals surface area contributed by atoms with Crippen molar-refractivity contribution in [3.05, 3.63) is 80.5 Å². The summed E-state index contributed by atoms with van der Waals surface area (Å²) in [4.78, 5) is 21.2. The van der Waals surface area contributed by atoms with Crippen LogP contribution in [0, 0.1) is 5.82 Å². The van der Waals surface area contributed by atoms with Gasteiger partial charge in [-0.15, -0.1) is 0 Å². The molecule has 6 nitrogen and oxygen atoms in total. The van der Waals surface area contributed by atoms with E-state index in [0.29, 0.717) is 23.8 Å². The minimum Gasteiger partial charge on any atom is -0.322 e. The number of hydrogen-bond donors (Lipinski definition) is 3. The molecule has 2 aromatic carbocycles. The fourth-order valence-electron chi connectivity index (χ4n) is 4.32. The van der Waals surface area contributed by atoms with Gasteiger partial charge in [0.15, 0.2) is 0 Å². The molecule has 1 aliphatic rings. The summed E-state index contributed by atoms with van der Waals surface area (Å²) in [5, 5.41) is 7.33. The van der Waals surface area contributed by atoms with Gasteiger partial charge in [-0.3, -0.25) is 9.89 Å². The van der Waals surface area contributed by atoms with Gasteiger partial charge in [-0.25, -0.2) is 9.37 Å². The second kappa shape index (κ2) is 8.32. The van der Waals surface area contributed by atoms with Crippen molar-refractivity contribution in [2.75, 3.05) is 13.1 Å². The van der Waals surface area contributed by atoms with E-state index < -0.39 is 0 Å². The Morgan fingerprint density at radius 2 is 1.87 bits per heavy atom. The van der Waals surface area contributed by atoms with Crippen LogP contribution in [-0.4, -0.2) is 32.8 Å². The van der Waals surface area contributed by atoms with Crippen LogP contribution in [0.15, 0.2) is 47.3 Å². The van der Waals surface area contributed by atoms with E-state index in [1.807, 2.05) is 6.07 Å². The number of aryl methyl sites for hydroxylation is 1. The van der Waals surface area contributed by atoms with Gasteiger partial charge in [0.05, 0.1) is 11.0 Å². The van der Waals surface area contributed by atoms with E-state index in [2.05, 4.69) is 20.4 Å². The lowest BCUT2D eigenvalue weighted by molar-refractivity contribution is 0.449. The zero-order valence-electron chi connectivity index (χ0n) is 16.9. The monoisotopic (exact) mass is 439 g/mol. The van der Waals surface area contributed by atoms with E-state index in [1.54, 1.807) is 24.3 Å². The first-order valence-electron chi connectivity index (χ1n) is 10.5. The van der Waals surface area contributed by atoms with Gasteiger partial charge >= 0.3 is 0 Å². The quantitative estimate of drug-likeness (QED) is 0.438. The predicted octanol–water partition coefficient (Wildman–Crippen LogP) is 4.09. The largest absolute Gasteiger partial charge is 0.322 e. The summed E-state index contributed by atoms with van der Waals surface area (Å²) in [5.41, 5.74) is 4.18. The third kappa shape index (κ3) is 4.03.